The molecule has 6 heteroatoms. The van der Waals surface area contributed by atoms with Gasteiger partial charge in [0, 0.05) is 24.9 Å². The van der Waals surface area contributed by atoms with E-state index in [0.29, 0.717) is 30.7 Å². The summed E-state index contributed by atoms with van der Waals surface area (Å²) < 4.78 is 18.8. The third-order valence-corrected chi connectivity index (χ3v) is 3.43. The normalized spacial score (nSPS) is 13.5. The number of hydrogen-bond acceptors (Lipinski definition) is 5. The van der Waals surface area contributed by atoms with Crippen LogP contribution in [0.1, 0.15) is 18.3 Å². The Balaban J connectivity index is 1.95. The molecule has 2 heterocycles. The van der Waals surface area contributed by atoms with Crippen LogP contribution < -0.4 is 10.6 Å². The van der Waals surface area contributed by atoms with Crippen molar-refractivity contribution in [2.75, 3.05) is 23.8 Å². The molecular weight excluding hydrogens is 271 g/mol. The van der Waals surface area contributed by atoms with Crippen LogP contribution in [-0.4, -0.2) is 23.1 Å². The van der Waals surface area contributed by atoms with Crippen molar-refractivity contribution in [3.05, 3.63) is 41.5 Å². The Bertz CT molecular complexity index is 662. The number of benzene rings is 1. The summed E-state index contributed by atoms with van der Waals surface area (Å²) in [7, 11) is 0. The van der Waals surface area contributed by atoms with Crippen molar-refractivity contribution in [1.82, 2.24) is 9.97 Å². The van der Waals surface area contributed by atoms with E-state index in [2.05, 4.69) is 9.97 Å². The molecule has 5 nitrogen and oxygen atoms in total. The summed E-state index contributed by atoms with van der Waals surface area (Å²) in [6, 6.07) is 6.53. The van der Waals surface area contributed by atoms with Gasteiger partial charge >= 0.3 is 0 Å². The number of ether oxygens (including phenoxy) is 1. The van der Waals surface area contributed by atoms with Crippen LogP contribution in [0.3, 0.4) is 0 Å². The van der Waals surface area contributed by atoms with Crippen molar-refractivity contribution in [2.24, 2.45) is 0 Å². The fourth-order valence-electron chi connectivity index (χ4n) is 2.49. The Hall–Kier alpha value is -2.21. The summed E-state index contributed by atoms with van der Waals surface area (Å²) in [5, 5.41) is 0. The highest BCUT2D eigenvalue weighted by Gasteiger charge is 2.22. The number of nitrogens with zero attached hydrogens (tertiary/aromatic N) is 3. The third-order valence-electron chi connectivity index (χ3n) is 3.43. The molecule has 1 aliphatic heterocycles. The second-order valence-electron chi connectivity index (χ2n) is 4.88. The number of hydrogen-bond donors (Lipinski definition) is 1. The Kier molecular flexibility index (Phi) is 3.70. The number of nitrogens with two attached hydrogens (primary N) is 1. The average molecular weight is 288 g/mol. The fraction of sp³-hybridized carbons (Fsp3) is 0.333. The molecule has 3 rings (SSSR count). The predicted octanol–water partition coefficient (Wildman–Crippen LogP) is 2.43. The molecule has 1 aromatic carbocycles. The molecule has 0 bridgehead atoms. The maximum absolute atomic E-state index is 13.5. The van der Waals surface area contributed by atoms with E-state index in [1.165, 1.54) is 12.1 Å². The van der Waals surface area contributed by atoms with E-state index in [0.717, 1.165) is 24.2 Å². The van der Waals surface area contributed by atoms with Gasteiger partial charge < -0.3 is 15.4 Å². The van der Waals surface area contributed by atoms with Crippen LogP contribution >= 0.6 is 0 Å². The molecule has 0 fully saturated rings. The molecular formula is C15H17FN4O. The van der Waals surface area contributed by atoms with Crippen LogP contribution in [0.25, 0.3) is 0 Å². The van der Waals surface area contributed by atoms with Crippen molar-refractivity contribution < 1.29 is 9.13 Å². The summed E-state index contributed by atoms with van der Waals surface area (Å²) in [5.74, 6) is 1.36. The van der Waals surface area contributed by atoms with Gasteiger partial charge in [-0.1, -0.05) is 6.07 Å². The molecule has 0 unspecified atom stereocenters. The van der Waals surface area contributed by atoms with Gasteiger partial charge in [0.2, 0.25) is 0 Å². The number of aromatic nitrogens is 2. The van der Waals surface area contributed by atoms with Crippen molar-refractivity contribution in [3.63, 3.8) is 0 Å². The van der Waals surface area contributed by atoms with Crippen LogP contribution in [0.15, 0.2) is 24.3 Å². The zero-order chi connectivity index (χ0) is 14.8. The van der Waals surface area contributed by atoms with Gasteiger partial charge in [-0.3, -0.25) is 0 Å². The predicted molar refractivity (Wildman–Crippen MR) is 78.9 cm³/mol. The largest absolute Gasteiger partial charge is 0.384 e. The zero-order valence-electron chi connectivity index (χ0n) is 11.8. The highest BCUT2D eigenvalue weighted by atomic mass is 19.1. The minimum atomic E-state index is -0.253. The topological polar surface area (TPSA) is 64.3 Å². The van der Waals surface area contributed by atoms with E-state index in [1.54, 1.807) is 6.07 Å². The minimum Gasteiger partial charge on any atom is -0.384 e. The van der Waals surface area contributed by atoms with Crippen LogP contribution in [0.5, 0.6) is 0 Å². The first-order chi connectivity index (χ1) is 10.2. The molecule has 0 saturated carbocycles. The molecule has 110 valence electrons. The summed E-state index contributed by atoms with van der Waals surface area (Å²) >= 11 is 0. The van der Waals surface area contributed by atoms with Gasteiger partial charge in [0.1, 0.15) is 24.1 Å². The van der Waals surface area contributed by atoms with Crippen LogP contribution in [0.2, 0.25) is 0 Å². The Labute approximate surface area is 122 Å². The molecule has 2 aromatic rings. The number of rotatable bonds is 4. The molecule has 0 atom stereocenters. The summed E-state index contributed by atoms with van der Waals surface area (Å²) in [6.45, 7) is 3.57. The van der Waals surface area contributed by atoms with E-state index in [4.69, 9.17) is 10.5 Å². The maximum Gasteiger partial charge on any atom is 0.158 e. The lowest BCUT2D eigenvalue weighted by Gasteiger charge is -2.19. The summed E-state index contributed by atoms with van der Waals surface area (Å²) in [6.07, 6.45) is 0.861. The molecule has 0 radical (unpaired) electrons. The molecule has 21 heavy (non-hydrogen) atoms. The first kappa shape index (κ1) is 13.8. The zero-order valence-corrected chi connectivity index (χ0v) is 11.8. The maximum atomic E-state index is 13.5. The molecule has 0 amide bonds. The van der Waals surface area contributed by atoms with E-state index in [9.17, 15) is 4.39 Å². The number of nitrogen functional groups attached to an aromatic ring is 1. The lowest BCUT2D eigenvalue weighted by atomic mass is 10.2. The van der Waals surface area contributed by atoms with Crippen molar-refractivity contribution in [3.8, 4) is 0 Å². The molecule has 0 aliphatic carbocycles. The Morgan fingerprint density at radius 1 is 1.33 bits per heavy atom. The quantitative estimate of drug-likeness (QED) is 0.936. The third kappa shape index (κ3) is 2.80. The number of halogens is 1. The Morgan fingerprint density at radius 3 is 3.00 bits per heavy atom. The molecule has 0 saturated heterocycles. The van der Waals surface area contributed by atoms with E-state index in [-0.39, 0.29) is 5.82 Å². The van der Waals surface area contributed by atoms with Crippen LogP contribution in [-0.2, 0) is 17.8 Å². The molecule has 1 aliphatic rings. The van der Waals surface area contributed by atoms with Crippen LogP contribution in [0, 0.1) is 5.82 Å². The highest BCUT2D eigenvalue weighted by Crippen LogP contribution is 2.34. The lowest BCUT2D eigenvalue weighted by Crippen LogP contribution is -2.17. The first-order valence-corrected chi connectivity index (χ1v) is 6.94. The minimum absolute atomic E-state index is 0.253. The van der Waals surface area contributed by atoms with Gasteiger partial charge in [-0.05, 0) is 31.0 Å². The van der Waals surface area contributed by atoms with Gasteiger partial charge in [-0.25, -0.2) is 14.4 Å². The first-order valence-electron chi connectivity index (χ1n) is 6.94. The molecule has 0 spiro atoms. The highest BCUT2D eigenvalue weighted by molar-refractivity contribution is 5.68. The second-order valence-corrected chi connectivity index (χ2v) is 4.88. The van der Waals surface area contributed by atoms with Crippen molar-refractivity contribution >= 4 is 17.3 Å². The second kappa shape index (κ2) is 5.65. The van der Waals surface area contributed by atoms with Gasteiger partial charge in [0.05, 0.1) is 0 Å². The smallest absolute Gasteiger partial charge is 0.158 e. The lowest BCUT2D eigenvalue weighted by molar-refractivity contribution is 0.128. The SMILES string of the molecule is CCOCc1nc(N)cc(N2CCc3ccc(F)cc32)n1. The van der Waals surface area contributed by atoms with E-state index >= 15 is 0 Å². The number of anilines is 3. The van der Waals surface area contributed by atoms with Gasteiger partial charge in [0.25, 0.3) is 0 Å². The molecule has 1 aromatic heterocycles. The summed E-state index contributed by atoms with van der Waals surface area (Å²) in [4.78, 5) is 10.6. The van der Waals surface area contributed by atoms with Crippen molar-refractivity contribution in [2.45, 2.75) is 20.0 Å². The average Bonchev–Trinajstić information content (AvgIpc) is 2.87. The van der Waals surface area contributed by atoms with E-state index < -0.39 is 0 Å². The fourth-order valence-corrected chi connectivity index (χ4v) is 2.49. The van der Waals surface area contributed by atoms with Crippen LogP contribution in [0.4, 0.5) is 21.7 Å². The number of fused-ring (bicyclic) bond motifs is 1. The monoisotopic (exact) mass is 288 g/mol. The van der Waals surface area contributed by atoms with Gasteiger partial charge in [0.15, 0.2) is 5.82 Å². The Morgan fingerprint density at radius 2 is 2.19 bits per heavy atom. The standard InChI is InChI=1S/C15H17FN4O/c1-2-21-9-14-18-13(17)8-15(19-14)20-6-5-10-3-4-11(16)7-12(10)20/h3-4,7-8H,2,5-6,9H2,1H3,(H2,17,18,19). The van der Waals surface area contributed by atoms with E-state index in [1.807, 2.05) is 17.9 Å². The van der Waals surface area contributed by atoms with Gasteiger partial charge in [-0.2, -0.15) is 0 Å². The molecule has 2 N–H and O–H groups in total. The van der Waals surface area contributed by atoms with Gasteiger partial charge in [-0.15, -0.1) is 0 Å². The van der Waals surface area contributed by atoms with Crippen molar-refractivity contribution in [1.29, 1.82) is 0 Å². The summed E-state index contributed by atoms with van der Waals surface area (Å²) in [5.41, 5.74) is 7.80.